The van der Waals surface area contributed by atoms with Gasteiger partial charge in [-0.25, -0.2) is 0 Å². The predicted octanol–water partition coefficient (Wildman–Crippen LogP) is 0.230. The minimum absolute atomic E-state index is 0.153. The van der Waals surface area contributed by atoms with Crippen LogP contribution in [-0.4, -0.2) is 11.7 Å². The molecular formula is C4H4NOS. The summed E-state index contributed by atoms with van der Waals surface area (Å²) in [5, 5.41) is 4.44. The fraction of sp³-hybridized carbons (Fsp3) is 0.250. The highest BCUT2D eigenvalue weighted by Crippen LogP contribution is 2.11. The number of rotatable bonds is 1. The fourth-order valence-electron chi connectivity index (χ4n) is 0.346. The summed E-state index contributed by atoms with van der Waals surface area (Å²) in [6.45, 7) is 0. The molecule has 1 rings (SSSR count). The van der Waals surface area contributed by atoms with E-state index in [1.807, 2.05) is 5.41 Å². The normalized spacial score (nSPS) is 27.1. The van der Waals surface area contributed by atoms with Crippen LogP contribution >= 0.6 is 11.8 Å². The van der Waals surface area contributed by atoms with E-state index in [1.165, 1.54) is 11.8 Å². The standard InChI is InChI=1S/C4H4NOS/c6-3-4-5-1-2-7-4/h1-2,4-5H. The second-order valence-electron chi connectivity index (χ2n) is 1.10. The van der Waals surface area contributed by atoms with E-state index in [4.69, 9.17) is 0 Å². The number of thioether (sulfide) groups is 1. The van der Waals surface area contributed by atoms with Gasteiger partial charge in [-0.2, -0.15) is 0 Å². The highest BCUT2D eigenvalue weighted by molar-refractivity contribution is 8.03. The number of nitrogens with one attached hydrogen (secondary N) is 1. The van der Waals surface area contributed by atoms with Crippen molar-refractivity contribution in [3.63, 3.8) is 0 Å². The topological polar surface area (TPSA) is 29.1 Å². The molecule has 0 saturated carbocycles. The van der Waals surface area contributed by atoms with E-state index in [2.05, 4.69) is 5.32 Å². The highest BCUT2D eigenvalue weighted by atomic mass is 32.2. The molecule has 1 unspecified atom stereocenters. The maximum atomic E-state index is 9.76. The highest BCUT2D eigenvalue weighted by Gasteiger charge is 2.06. The van der Waals surface area contributed by atoms with Crippen LogP contribution in [0.2, 0.25) is 0 Å². The van der Waals surface area contributed by atoms with Crippen LogP contribution in [0.1, 0.15) is 0 Å². The molecular weight excluding hydrogens is 110 g/mol. The third kappa shape index (κ3) is 0.962. The largest absolute Gasteiger partial charge is 0.372 e. The average molecular weight is 114 g/mol. The van der Waals surface area contributed by atoms with Gasteiger partial charge in [0.05, 0.1) is 0 Å². The zero-order valence-corrected chi connectivity index (χ0v) is 4.37. The smallest absolute Gasteiger partial charge is 0.234 e. The minimum Gasteiger partial charge on any atom is -0.372 e. The van der Waals surface area contributed by atoms with Gasteiger partial charge < -0.3 is 5.32 Å². The van der Waals surface area contributed by atoms with Gasteiger partial charge in [-0.3, -0.25) is 4.79 Å². The molecule has 0 bridgehead atoms. The summed E-state index contributed by atoms with van der Waals surface area (Å²) in [6.07, 6.45) is 3.54. The number of carbonyl (C=O) groups excluding carboxylic acids is 1. The lowest BCUT2D eigenvalue weighted by Crippen LogP contribution is -2.16. The first-order valence-electron chi connectivity index (χ1n) is 1.87. The van der Waals surface area contributed by atoms with Crippen molar-refractivity contribution in [3.05, 3.63) is 11.6 Å². The predicted molar refractivity (Wildman–Crippen MR) is 29.3 cm³/mol. The summed E-state index contributed by atoms with van der Waals surface area (Å²) in [4.78, 5) is 9.76. The summed E-state index contributed by atoms with van der Waals surface area (Å²) in [6, 6.07) is 0. The zero-order chi connectivity index (χ0) is 5.11. The second-order valence-corrected chi connectivity index (χ2v) is 2.12. The molecule has 0 aromatic rings. The Morgan fingerprint density at radius 1 is 1.86 bits per heavy atom. The van der Waals surface area contributed by atoms with Gasteiger partial charge in [0.25, 0.3) is 0 Å². The van der Waals surface area contributed by atoms with E-state index in [-0.39, 0.29) is 5.37 Å². The Hall–Kier alpha value is -0.440. The molecule has 1 heterocycles. The van der Waals surface area contributed by atoms with Crippen molar-refractivity contribution in [2.24, 2.45) is 0 Å². The number of hydrogen-bond donors (Lipinski definition) is 1. The zero-order valence-electron chi connectivity index (χ0n) is 3.55. The summed E-state index contributed by atoms with van der Waals surface area (Å²) in [7, 11) is 0. The quantitative estimate of drug-likeness (QED) is 0.529. The van der Waals surface area contributed by atoms with Crippen LogP contribution in [0, 0.1) is 0 Å². The molecule has 1 aliphatic rings. The van der Waals surface area contributed by atoms with Crippen molar-refractivity contribution in [2.45, 2.75) is 5.37 Å². The molecule has 1 N–H and O–H groups in total. The van der Waals surface area contributed by atoms with Crippen molar-refractivity contribution >= 4 is 18.0 Å². The van der Waals surface area contributed by atoms with Gasteiger partial charge in [0.15, 0.2) is 0 Å². The molecule has 2 nitrogen and oxygen atoms in total. The van der Waals surface area contributed by atoms with Crippen LogP contribution < -0.4 is 5.32 Å². The van der Waals surface area contributed by atoms with Gasteiger partial charge in [-0.1, -0.05) is 11.8 Å². The van der Waals surface area contributed by atoms with Crippen molar-refractivity contribution in [3.8, 4) is 0 Å². The second kappa shape index (κ2) is 2.02. The molecule has 1 atom stereocenters. The molecule has 0 aromatic heterocycles. The fourth-order valence-corrected chi connectivity index (χ4v) is 0.873. The molecule has 37 valence electrons. The lowest BCUT2D eigenvalue weighted by molar-refractivity contribution is 0.550. The Morgan fingerprint density at radius 3 is 3.00 bits per heavy atom. The van der Waals surface area contributed by atoms with E-state index < -0.39 is 0 Å². The van der Waals surface area contributed by atoms with E-state index in [0.29, 0.717) is 0 Å². The summed E-state index contributed by atoms with van der Waals surface area (Å²) >= 11 is 1.43. The van der Waals surface area contributed by atoms with Crippen molar-refractivity contribution in [2.75, 3.05) is 0 Å². The molecule has 0 spiro atoms. The average Bonchev–Trinajstić information content (AvgIpc) is 2.14. The van der Waals surface area contributed by atoms with Crippen LogP contribution in [0.25, 0.3) is 0 Å². The van der Waals surface area contributed by atoms with Gasteiger partial charge >= 0.3 is 0 Å². The Morgan fingerprint density at radius 2 is 2.71 bits per heavy atom. The van der Waals surface area contributed by atoms with Gasteiger partial charge in [-0.15, -0.1) is 0 Å². The molecule has 3 heteroatoms. The third-order valence-electron chi connectivity index (χ3n) is 0.637. The Kier molecular flexibility index (Phi) is 1.36. The molecule has 0 aromatic carbocycles. The first kappa shape index (κ1) is 4.71. The van der Waals surface area contributed by atoms with Crippen LogP contribution in [0.4, 0.5) is 0 Å². The summed E-state index contributed by atoms with van der Waals surface area (Å²) in [5.41, 5.74) is 0. The van der Waals surface area contributed by atoms with Crippen molar-refractivity contribution in [1.82, 2.24) is 5.32 Å². The van der Waals surface area contributed by atoms with Crippen LogP contribution in [0.5, 0.6) is 0 Å². The van der Waals surface area contributed by atoms with Gasteiger partial charge in [0, 0.05) is 6.20 Å². The number of hydrogen-bond acceptors (Lipinski definition) is 3. The first-order chi connectivity index (χ1) is 3.43. The van der Waals surface area contributed by atoms with Crippen molar-refractivity contribution in [1.29, 1.82) is 0 Å². The van der Waals surface area contributed by atoms with Gasteiger partial charge in [0.2, 0.25) is 6.29 Å². The van der Waals surface area contributed by atoms with E-state index in [9.17, 15) is 4.79 Å². The lowest BCUT2D eigenvalue weighted by Gasteiger charge is -1.93. The molecule has 0 amide bonds. The monoisotopic (exact) mass is 114 g/mol. The maximum absolute atomic E-state index is 9.76. The molecule has 0 fully saturated rings. The Bertz CT molecular complexity index is 93.9. The van der Waals surface area contributed by atoms with E-state index in [1.54, 1.807) is 12.5 Å². The van der Waals surface area contributed by atoms with Crippen LogP contribution in [0.3, 0.4) is 0 Å². The summed E-state index contributed by atoms with van der Waals surface area (Å²) in [5.74, 6) is 0. The summed E-state index contributed by atoms with van der Waals surface area (Å²) < 4.78 is 0. The van der Waals surface area contributed by atoms with Gasteiger partial charge in [0.1, 0.15) is 5.37 Å². The SMILES string of the molecule is O=[C]C1NC=CS1. The molecule has 0 saturated heterocycles. The lowest BCUT2D eigenvalue weighted by atomic mass is 10.7. The van der Waals surface area contributed by atoms with Crippen molar-refractivity contribution < 1.29 is 4.79 Å². The van der Waals surface area contributed by atoms with E-state index >= 15 is 0 Å². The molecule has 7 heavy (non-hydrogen) atoms. The Balaban J connectivity index is 2.35. The van der Waals surface area contributed by atoms with Gasteiger partial charge in [-0.05, 0) is 5.41 Å². The Labute approximate surface area is 46.0 Å². The van der Waals surface area contributed by atoms with E-state index in [0.717, 1.165) is 0 Å². The molecule has 1 aliphatic heterocycles. The molecule has 0 aliphatic carbocycles. The first-order valence-corrected chi connectivity index (χ1v) is 2.82. The third-order valence-corrected chi connectivity index (χ3v) is 1.44. The van der Waals surface area contributed by atoms with Crippen LogP contribution in [0.15, 0.2) is 11.6 Å². The molecule has 1 radical (unpaired) electrons. The van der Waals surface area contributed by atoms with Crippen LogP contribution in [-0.2, 0) is 4.79 Å². The maximum Gasteiger partial charge on any atom is 0.234 e. The minimum atomic E-state index is -0.153.